The molecule has 5 rings (SSSR count). The summed E-state index contributed by atoms with van der Waals surface area (Å²) >= 11 is 0. The highest BCUT2D eigenvalue weighted by Gasteiger charge is 2.22. The molecule has 0 saturated carbocycles. The van der Waals surface area contributed by atoms with Crippen molar-refractivity contribution >= 4 is 72.0 Å². The van der Waals surface area contributed by atoms with E-state index in [9.17, 15) is 37.9 Å². The zero-order valence-electron chi connectivity index (χ0n) is 22.1. The number of hydrogen-bond donors (Lipinski definition) is 5. The minimum Gasteiger partial charge on any atom is -0.505 e. The Morgan fingerprint density at radius 1 is 0.698 bits per heavy atom. The summed E-state index contributed by atoms with van der Waals surface area (Å²) in [5, 5.41) is 47.3. The van der Waals surface area contributed by atoms with E-state index in [1.165, 1.54) is 60.7 Å². The number of hydrogen-bond acceptors (Lipinski definition) is 10. The number of aryl methyl sites for hydroxylation is 1. The van der Waals surface area contributed by atoms with E-state index in [1.807, 2.05) is 0 Å². The Morgan fingerprint density at radius 3 is 1.98 bits per heavy atom. The van der Waals surface area contributed by atoms with Crippen LogP contribution in [0, 0.1) is 6.92 Å². The normalized spacial score (nSPS) is 12.0. The van der Waals surface area contributed by atoms with Crippen LogP contribution in [0.4, 0.5) is 28.4 Å². The number of carbonyl (C=O) groups is 2. The molecule has 0 spiro atoms. The van der Waals surface area contributed by atoms with E-state index >= 15 is 0 Å². The molecule has 0 heterocycles. The molecule has 6 N–H and O–H groups in total. The van der Waals surface area contributed by atoms with Gasteiger partial charge in [-0.1, -0.05) is 18.2 Å². The van der Waals surface area contributed by atoms with Crippen molar-refractivity contribution in [2.24, 2.45) is 20.5 Å². The molecular formula is C29H21N5O8S. The number of aromatic carboxylic acids is 2. The Labute approximate surface area is 243 Å². The number of nitrogen functional groups attached to an aromatic ring is 1. The molecule has 0 atom stereocenters. The van der Waals surface area contributed by atoms with Gasteiger partial charge >= 0.3 is 11.9 Å². The summed E-state index contributed by atoms with van der Waals surface area (Å²) in [7, 11) is -4.86. The number of fused-ring (bicyclic) bond motifs is 2. The molecule has 5 aromatic rings. The highest BCUT2D eigenvalue weighted by Crippen LogP contribution is 2.43. The Kier molecular flexibility index (Phi) is 7.31. The molecule has 0 saturated heterocycles. The van der Waals surface area contributed by atoms with Gasteiger partial charge in [-0.05, 0) is 72.5 Å². The molecule has 13 nitrogen and oxygen atoms in total. The lowest BCUT2D eigenvalue weighted by Crippen LogP contribution is -1.99. The van der Waals surface area contributed by atoms with Crippen LogP contribution in [0.15, 0.2) is 98.1 Å². The molecule has 5 aromatic carbocycles. The number of phenols is 1. The number of carboxylic acids is 2. The Bertz CT molecular complexity index is 2160. The summed E-state index contributed by atoms with van der Waals surface area (Å²) in [6, 6.07) is 16.9. The molecule has 0 aliphatic carbocycles. The quantitative estimate of drug-likeness (QED) is 0.0731. The highest BCUT2D eigenvalue weighted by molar-refractivity contribution is 7.86. The summed E-state index contributed by atoms with van der Waals surface area (Å²) in [5.41, 5.74) is 6.82. The maximum Gasteiger partial charge on any atom is 0.335 e. The van der Waals surface area contributed by atoms with Gasteiger partial charge in [0.05, 0.1) is 28.2 Å². The van der Waals surface area contributed by atoms with Crippen molar-refractivity contribution in [3.05, 3.63) is 89.5 Å². The van der Waals surface area contributed by atoms with Gasteiger partial charge in [0.15, 0.2) is 5.75 Å². The van der Waals surface area contributed by atoms with Crippen LogP contribution in [-0.2, 0) is 10.1 Å². The standard InChI is InChI=1S/C29H21N5O8S/c1-14-2-3-17(29(38)39)11-24(14)33-31-22-8-9-23(21-10-16(28(36)37)5-7-19(21)22)32-34-26-25(43(40,41)42)12-15-4-6-18(30)13-20(15)27(26)35/h2-13,35H,30H2,1H3,(H,36,37)(H,38,39)(H,40,41,42). The fraction of sp³-hybridized carbons (Fsp3) is 0.0345. The van der Waals surface area contributed by atoms with E-state index in [0.29, 0.717) is 16.6 Å². The van der Waals surface area contributed by atoms with E-state index in [2.05, 4.69) is 20.5 Å². The average molecular weight is 600 g/mol. The summed E-state index contributed by atoms with van der Waals surface area (Å²) in [4.78, 5) is 22.4. The molecule has 43 heavy (non-hydrogen) atoms. The van der Waals surface area contributed by atoms with Gasteiger partial charge in [0, 0.05) is 21.8 Å². The van der Waals surface area contributed by atoms with Crippen molar-refractivity contribution < 1.29 is 37.9 Å². The molecule has 0 radical (unpaired) electrons. The van der Waals surface area contributed by atoms with Gasteiger partial charge in [0.25, 0.3) is 10.1 Å². The zero-order valence-corrected chi connectivity index (χ0v) is 22.9. The lowest BCUT2D eigenvalue weighted by atomic mass is 10.0. The van der Waals surface area contributed by atoms with E-state index in [-0.39, 0.29) is 44.3 Å². The van der Waals surface area contributed by atoms with Gasteiger partial charge in [-0.15, -0.1) is 15.3 Å². The number of benzene rings is 5. The molecule has 216 valence electrons. The zero-order chi connectivity index (χ0) is 31.1. The molecule has 0 aliphatic rings. The van der Waals surface area contributed by atoms with Crippen molar-refractivity contribution in [1.29, 1.82) is 0 Å². The maximum atomic E-state index is 12.2. The summed E-state index contributed by atoms with van der Waals surface area (Å²) in [6.45, 7) is 1.73. The number of anilines is 1. The van der Waals surface area contributed by atoms with E-state index in [1.54, 1.807) is 13.0 Å². The van der Waals surface area contributed by atoms with Gasteiger partial charge in [-0.3, -0.25) is 4.55 Å². The smallest absolute Gasteiger partial charge is 0.335 e. The van der Waals surface area contributed by atoms with Crippen molar-refractivity contribution in [3.8, 4) is 5.75 Å². The fourth-order valence-corrected chi connectivity index (χ4v) is 5.00. The van der Waals surface area contributed by atoms with Crippen molar-refractivity contribution in [2.75, 3.05) is 5.73 Å². The lowest BCUT2D eigenvalue weighted by Gasteiger charge is -2.10. The van der Waals surface area contributed by atoms with Gasteiger partial charge in [-0.2, -0.15) is 13.5 Å². The molecule has 0 fully saturated rings. The highest BCUT2D eigenvalue weighted by atomic mass is 32.2. The topological polar surface area (TPSA) is 225 Å². The summed E-state index contributed by atoms with van der Waals surface area (Å²) < 4.78 is 34.2. The van der Waals surface area contributed by atoms with E-state index < -0.39 is 38.4 Å². The second-order valence-corrected chi connectivity index (χ2v) is 10.8. The van der Waals surface area contributed by atoms with Gasteiger partial charge in [-0.25, -0.2) is 9.59 Å². The third-order valence-electron chi connectivity index (χ3n) is 6.55. The summed E-state index contributed by atoms with van der Waals surface area (Å²) in [5.74, 6) is -2.95. The van der Waals surface area contributed by atoms with Crippen LogP contribution < -0.4 is 5.73 Å². The Morgan fingerprint density at radius 2 is 1.30 bits per heavy atom. The number of azo groups is 2. The van der Waals surface area contributed by atoms with Crippen LogP contribution in [0.3, 0.4) is 0 Å². The van der Waals surface area contributed by atoms with Gasteiger partial charge in [0.1, 0.15) is 10.6 Å². The lowest BCUT2D eigenvalue weighted by molar-refractivity contribution is 0.0686. The first-order chi connectivity index (χ1) is 20.3. The first-order valence-electron chi connectivity index (χ1n) is 12.3. The number of carboxylic acid groups (broad SMARTS) is 2. The molecular weight excluding hydrogens is 578 g/mol. The van der Waals surface area contributed by atoms with Crippen molar-refractivity contribution in [2.45, 2.75) is 11.8 Å². The number of nitrogens with two attached hydrogens (primary N) is 1. The predicted octanol–water partition coefficient (Wildman–Crippen LogP) is 7.06. The Hall–Kier alpha value is -5.73. The third kappa shape index (κ3) is 5.72. The van der Waals surface area contributed by atoms with Gasteiger partial charge < -0.3 is 21.1 Å². The average Bonchev–Trinajstić information content (AvgIpc) is 2.95. The molecule has 0 unspecified atom stereocenters. The van der Waals surface area contributed by atoms with Crippen molar-refractivity contribution in [1.82, 2.24) is 0 Å². The van der Waals surface area contributed by atoms with Gasteiger partial charge in [0.2, 0.25) is 0 Å². The molecule has 0 aliphatic heterocycles. The van der Waals surface area contributed by atoms with E-state index in [4.69, 9.17) is 5.73 Å². The van der Waals surface area contributed by atoms with Crippen molar-refractivity contribution in [3.63, 3.8) is 0 Å². The van der Waals surface area contributed by atoms with Crippen LogP contribution in [0.5, 0.6) is 5.75 Å². The first kappa shape index (κ1) is 28.8. The molecule has 0 aromatic heterocycles. The largest absolute Gasteiger partial charge is 0.505 e. The predicted molar refractivity (Wildman–Crippen MR) is 157 cm³/mol. The van der Waals surface area contributed by atoms with E-state index in [0.717, 1.165) is 6.07 Å². The molecule has 0 amide bonds. The number of nitrogens with zero attached hydrogens (tertiary/aromatic N) is 4. The third-order valence-corrected chi connectivity index (χ3v) is 7.42. The fourth-order valence-electron chi connectivity index (χ4n) is 4.34. The second kappa shape index (κ2) is 10.9. The monoisotopic (exact) mass is 599 g/mol. The van der Waals surface area contributed by atoms with Crippen LogP contribution in [0.1, 0.15) is 26.3 Å². The summed E-state index contributed by atoms with van der Waals surface area (Å²) in [6.07, 6.45) is 0. The number of rotatable bonds is 7. The van der Waals surface area contributed by atoms with Crippen LogP contribution in [0.25, 0.3) is 21.5 Å². The second-order valence-electron chi connectivity index (χ2n) is 9.40. The number of aromatic hydroxyl groups is 1. The SMILES string of the molecule is Cc1ccc(C(=O)O)cc1N=Nc1ccc(N=Nc2c(S(=O)(=O)O)cc3ccc(N)cc3c2O)c2cc(C(=O)O)ccc12. The van der Waals surface area contributed by atoms with Crippen LogP contribution in [-0.4, -0.2) is 40.2 Å². The first-order valence-corrected chi connectivity index (χ1v) is 13.8. The molecule has 0 bridgehead atoms. The molecule has 14 heteroatoms. The Balaban J connectivity index is 1.67. The minimum atomic E-state index is -4.86. The van der Waals surface area contributed by atoms with Crippen LogP contribution in [0.2, 0.25) is 0 Å². The maximum absolute atomic E-state index is 12.2. The number of phenolic OH excluding ortho intramolecular Hbond substituents is 1. The van der Waals surface area contributed by atoms with Crippen LogP contribution >= 0.6 is 0 Å². The minimum absolute atomic E-state index is 0.0233.